The van der Waals surface area contributed by atoms with Crippen molar-refractivity contribution >= 4 is 34.0 Å². The molecular formula is C38H40F4N6O4. The minimum atomic E-state index is -4.87. The number of benzene rings is 2. The van der Waals surface area contributed by atoms with E-state index in [-0.39, 0.29) is 29.5 Å². The minimum Gasteiger partial charge on any atom is -0.405 e. The zero-order valence-corrected chi connectivity index (χ0v) is 28.7. The zero-order chi connectivity index (χ0) is 36.6. The molecule has 1 atom stereocenters. The number of aromatic nitrogens is 2. The lowest BCUT2D eigenvalue weighted by Crippen LogP contribution is -2.47. The molecule has 3 fully saturated rings. The molecular weight excluding hydrogens is 680 g/mol. The number of aryl methyl sites for hydroxylation is 1. The van der Waals surface area contributed by atoms with Gasteiger partial charge in [-0.25, -0.2) is 4.39 Å². The predicted molar refractivity (Wildman–Crippen MR) is 188 cm³/mol. The number of piperidine rings is 3. The summed E-state index contributed by atoms with van der Waals surface area (Å²) in [7, 11) is 1.60. The van der Waals surface area contributed by atoms with Gasteiger partial charge in [-0.15, -0.1) is 13.2 Å². The van der Waals surface area contributed by atoms with Crippen LogP contribution in [0.1, 0.15) is 44.1 Å². The molecule has 3 saturated heterocycles. The van der Waals surface area contributed by atoms with Crippen LogP contribution in [-0.2, 0) is 23.2 Å². The number of carbonyl (C=O) groups is 2. The Morgan fingerprint density at radius 1 is 0.923 bits per heavy atom. The number of halogens is 4. The van der Waals surface area contributed by atoms with Crippen molar-refractivity contribution in [2.75, 3.05) is 36.4 Å². The average Bonchev–Trinajstić information content (AvgIpc) is 3.12. The van der Waals surface area contributed by atoms with Gasteiger partial charge >= 0.3 is 6.36 Å². The summed E-state index contributed by atoms with van der Waals surface area (Å²) in [5, 5.41) is 6.30. The van der Waals surface area contributed by atoms with E-state index in [9.17, 15) is 27.6 Å². The number of likely N-dealkylation sites (tertiary alicyclic amines) is 1. The lowest BCUT2D eigenvalue weighted by Gasteiger charge is -2.41. The number of imide groups is 1. The van der Waals surface area contributed by atoms with Gasteiger partial charge in [-0.3, -0.25) is 29.6 Å². The second-order valence-corrected chi connectivity index (χ2v) is 14.0. The van der Waals surface area contributed by atoms with Crippen LogP contribution < -0.4 is 25.8 Å². The summed E-state index contributed by atoms with van der Waals surface area (Å²) >= 11 is 0. The van der Waals surface area contributed by atoms with E-state index in [1.807, 2.05) is 0 Å². The van der Waals surface area contributed by atoms with Crippen LogP contribution in [-0.4, -0.2) is 64.8 Å². The summed E-state index contributed by atoms with van der Waals surface area (Å²) < 4.78 is 62.0. The molecule has 0 spiro atoms. The summed E-state index contributed by atoms with van der Waals surface area (Å²) in [4.78, 5) is 44.4. The van der Waals surface area contributed by atoms with Gasteiger partial charge in [0.1, 0.15) is 17.6 Å². The first-order valence-electron chi connectivity index (χ1n) is 17.6. The van der Waals surface area contributed by atoms with Crippen LogP contribution >= 0.6 is 0 Å². The number of hydrogen-bond acceptors (Lipinski definition) is 8. The van der Waals surface area contributed by atoms with E-state index in [1.54, 1.807) is 49.8 Å². The van der Waals surface area contributed by atoms with Crippen LogP contribution in [0.25, 0.3) is 21.9 Å². The first kappa shape index (κ1) is 35.4. The van der Waals surface area contributed by atoms with Crippen LogP contribution in [0.3, 0.4) is 0 Å². The Balaban J connectivity index is 0.957. The van der Waals surface area contributed by atoms with Crippen molar-refractivity contribution in [3.05, 3.63) is 82.8 Å². The number of nitrogens with zero attached hydrogens (tertiary/aromatic N) is 4. The average molecular weight is 721 g/mol. The monoisotopic (exact) mass is 720 g/mol. The second kappa shape index (κ2) is 14.6. The highest BCUT2D eigenvalue weighted by Gasteiger charge is 2.34. The van der Waals surface area contributed by atoms with Gasteiger partial charge in [-0.05, 0) is 98.3 Å². The number of carbonyl (C=O) groups excluding carboxylic acids is 2. The van der Waals surface area contributed by atoms with Gasteiger partial charge in [0.25, 0.3) is 5.56 Å². The number of pyridine rings is 2. The molecule has 0 radical (unpaired) electrons. The minimum absolute atomic E-state index is 0.237. The Bertz CT molecular complexity index is 2040. The molecule has 274 valence electrons. The maximum absolute atomic E-state index is 15.2. The Morgan fingerprint density at radius 3 is 2.35 bits per heavy atom. The van der Waals surface area contributed by atoms with Crippen LogP contribution in [0, 0.1) is 17.7 Å². The molecule has 2 amide bonds. The highest BCUT2D eigenvalue weighted by Crippen LogP contribution is 2.38. The third-order valence-corrected chi connectivity index (χ3v) is 10.7. The fourth-order valence-corrected chi connectivity index (χ4v) is 7.93. The number of hydrogen-bond donors (Lipinski definition) is 2. The molecule has 0 saturated carbocycles. The van der Waals surface area contributed by atoms with Crippen molar-refractivity contribution in [3.8, 4) is 16.9 Å². The molecule has 0 bridgehead atoms. The molecule has 2 N–H and O–H groups in total. The summed E-state index contributed by atoms with van der Waals surface area (Å²) in [6.45, 7) is 3.23. The molecule has 7 rings (SSSR count). The summed E-state index contributed by atoms with van der Waals surface area (Å²) in [5.41, 5.74) is 2.30. The standard InChI is InChI=1S/C38H40F4N6O4/c1-46-22-30(28-8-13-43-20-29(28)37(46)51)25-2-3-26(34(18-25)52-38(40,41)42)21-47-14-9-23(10-15-47)24-11-16-48(17-12-24)33-6-4-27(19-31(33)39)44-32-5-7-35(49)45-36(32)50/h2-4,6,8,13,18-20,22-24,32,44H,5,7,9-12,14-17,21H2,1H3,(H,45,49,50). The van der Waals surface area contributed by atoms with Crippen LogP contribution in [0.5, 0.6) is 5.75 Å². The highest BCUT2D eigenvalue weighted by atomic mass is 19.4. The second-order valence-electron chi connectivity index (χ2n) is 14.0. The molecule has 1 unspecified atom stereocenters. The summed E-state index contributed by atoms with van der Waals surface area (Å²) in [6, 6.07) is 10.8. The lowest BCUT2D eigenvalue weighted by atomic mass is 9.78. The topological polar surface area (TPSA) is 109 Å². The fourth-order valence-electron chi connectivity index (χ4n) is 7.93. The van der Waals surface area contributed by atoms with Gasteiger partial charge in [0, 0.05) is 68.5 Å². The molecule has 5 heterocycles. The highest BCUT2D eigenvalue weighted by molar-refractivity contribution is 6.01. The number of alkyl halides is 3. The summed E-state index contributed by atoms with van der Waals surface area (Å²) in [6.07, 6.45) is 4.02. The zero-order valence-electron chi connectivity index (χ0n) is 28.7. The van der Waals surface area contributed by atoms with Gasteiger partial charge in [0.15, 0.2) is 0 Å². The quantitative estimate of drug-likeness (QED) is 0.169. The number of anilines is 2. The molecule has 2 aromatic carbocycles. The number of ether oxygens (including phenoxy) is 1. The predicted octanol–water partition coefficient (Wildman–Crippen LogP) is 5.98. The van der Waals surface area contributed by atoms with Crippen molar-refractivity contribution in [2.45, 2.75) is 57.5 Å². The Hall–Kier alpha value is -4.98. The van der Waals surface area contributed by atoms with Crippen molar-refractivity contribution in [3.63, 3.8) is 0 Å². The van der Waals surface area contributed by atoms with Crippen molar-refractivity contribution in [1.82, 2.24) is 19.8 Å². The summed E-state index contributed by atoms with van der Waals surface area (Å²) in [5.74, 6) is -0.390. The lowest BCUT2D eigenvalue weighted by molar-refractivity contribution is -0.275. The van der Waals surface area contributed by atoms with E-state index in [2.05, 4.69) is 30.2 Å². The Labute approximate surface area is 297 Å². The molecule has 3 aliphatic rings. The van der Waals surface area contributed by atoms with Gasteiger partial charge in [0.05, 0.1) is 11.1 Å². The Kier molecular flexibility index (Phi) is 9.92. The molecule has 10 nitrogen and oxygen atoms in total. The Morgan fingerprint density at radius 2 is 1.65 bits per heavy atom. The van der Waals surface area contributed by atoms with Gasteiger partial charge in [-0.1, -0.05) is 12.1 Å². The van der Waals surface area contributed by atoms with E-state index < -0.39 is 18.3 Å². The SMILES string of the molecule is Cn1cc(-c2ccc(CN3CCC(C4CCN(c5ccc(NC6CCC(=O)NC6=O)cc5F)CC4)CC3)c(OC(F)(F)F)c2)c2ccncc2c1=O. The largest absolute Gasteiger partial charge is 0.573 e. The van der Waals surface area contributed by atoms with Crippen LogP contribution in [0.2, 0.25) is 0 Å². The van der Waals surface area contributed by atoms with Crippen molar-refractivity contribution < 1.29 is 31.9 Å². The maximum atomic E-state index is 15.2. The van der Waals surface area contributed by atoms with E-state index in [0.29, 0.717) is 76.7 Å². The number of rotatable bonds is 8. The van der Waals surface area contributed by atoms with Crippen LogP contribution in [0.4, 0.5) is 28.9 Å². The van der Waals surface area contributed by atoms with Gasteiger partial charge in [0.2, 0.25) is 11.8 Å². The smallest absolute Gasteiger partial charge is 0.405 e. The third kappa shape index (κ3) is 7.76. The molecule has 14 heteroatoms. The first-order chi connectivity index (χ1) is 24.9. The van der Waals surface area contributed by atoms with Crippen LogP contribution in [0.15, 0.2) is 65.8 Å². The third-order valence-electron chi connectivity index (χ3n) is 10.7. The fraction of sp³-hybridized carbons (Fsp3) is 0.421. The molecule has 0 aliphatic carbocycles. The molecule has 3 aliphatic heterocycles. The van der Waals surface area contributed by atoms with E-state index in [4.69, 9.17) is 0 Å². The normalized spacial score (nSPS) is 19.6. The molecule has 2 aromatic heterocycles. The van der Waals surface area contributed by atoms with E-state index in [1.165, 1.54) is 22.9 Å². The number of nitrogens with one attached hydrogen (secondary N) is 2. The van der Waals surface area contributed by atoms with Crippen molar-refractivity contribution in [2.24, 2.45) is 18.9 Å². The molecule has 4 aromatic rings. The van der Waals surface area contributed by atoms with Crippen molar-refractivity contribution in [1.29, 1.82) is 0 Å². The number of fused-ring (bicyclic) bond motifs is 1. The van der Waals surface area contributed by atoms with E-state index in [0.717, 1.165) is 38.8 Å². The first-order valence-corrected chi connectivity index (χ1v) is 17.6. The van der Waals surface area contributed by atoms with E-state index >= 15 is 4.39 Å². The molecule has 52 heavy (non-hydrogen) atoms. The van der Waals surface area contributed by atoms with Gasteiger partial charge < -0.3 is 19.5 Å². The maximum Gasteiger partial charge on any atom is 0.573 e. The van der Waals surface area contributed by atoms with Gasteiger partial charge in [-0.2, -0.15) is 0 Å². The number of amides is 2.